The largest absolute Gasteiger partial charge is 0.350 e. The lowest BCUT2D eigenvalue weighted by Gasteiger charge is -2.42. The van der Waals surface area contributed by atoms with Gasteiger partial charge in [0, 0.05) is 62.4 Å². The Bertz CT molecular complexity index is 882. The van der Waals surface area contributed by atoms with E-state index >= 15 is 0 Å². The first-order valence-corrected chi connectivity index (χ1v) is 9.70. The maximum absolute atomic E-state index is 12.7. The van der Waals surface area contributed by atoms with E-state index in [4.69, 9.17) is 0 Å². The first-order chi connectivity index (χ1) is 13.7. The van der Waals surface area contributed by atoms with Gasteiger partial charge in [0.25, 0.3) is 5.91 Å². The number of carbonyl (C=O) groups excluding carboxylic acids is 2. The first-order valence-electron chi connectivity index (χ1n) is 9.70. The van der Waals surface area contributed by atoms with Crippen LogP contribution in [0, 0.1) is 11.8 Å². The second kappa shape index (κ2) is 6.54. The van der Waals surface area contributed by atoms with E-state index in [0.29, 0.717) is 31.1 Å². The molecule has 0 aromatic carbocycles. The third-order valence-corrected chi connectivity index (χ3v) is 6.42. The van der Waals surface area contributed by atoms with Gasteiger partial charge < -0.3 is 15.1 Å². The topological polar surface area (TPSA) is 91.3 Å². The SMILES string of the molecule is O=C1NC2(CCN(C(=O)c3cccnc3)CC2)[C@@H]2CN(c3ncccn3)C[C@H]12. The number of rotatable bonds is 2. The van der Waals surface area contributed by atoms with E-state index in [1.807, 2.05) is 4.90 Å². The molecular weight excluding hydrogens is 356 g/mol. The molecule has 3 fully saturated rings. The van der Waals surface area contributed by atoms with Crippen LogP contribution in [0.25, 0.3) is 0 Å². The molecule has 8 nitrogen and oxygen atoms in total. The minimum absolute atomic E-state index is 0.00885. The molecule has 0 bridgehead atoms. The van der Waals surface area contributed by atoms with Crippen molar-refractivity contribution in [2.24, 2.45) is 11.8 Å². The number of hydrogen-bond donors (Lipinski definition) is 1. The smallest absolute Gasteiger partial charge is 0.255 e. The van der Waals surface area contributed by atoms with Gasteiger partial charge in [0.05, 0.1) is 11.5 Å². The summed E-state index contributed by atoms with van der Waals surface area (Å²) in [5.41, 5.74) is 0.372. The third-order valence-electron chi connectivity index (χ3n) is 6.42. The van der Waals surface area contributed by atoms with Crippen molar-refractivity contribution in [2.75, 3.05) is 31.1 Å². The van der Waals surface area contributed by atoms with E-state index in [-0.39, 0.29) is 29.2 Å². The van der Waals surface area contributed by atoms with E-state index in [9.17, 15) is 9.59 Å². The van der Waals surface area contributed by atoms with Crippen molar-refractivity contribution in [3.05, 3.63) is 48.5 Å². The minimum Gasteiger partial charge on any atom is -0.350 e. The summed E-state index contributed by atoms with van der Waals surface area (Å²) in [6, 6.07) is 5.37. The van der Waals surface area contributed by atoms with Crippen molar-refractivity contribution < 1.29 is 9.59 Å². The number of amides is 2. The van der Waals surface area contributed by atoms with Crippen LogP contribution in [0.3, 0.4) is 0 Å². The van der Waals surface area contributed by atoms with Crippen LogP contribution in [0.4, 0.5) is 5.95 Å². The summed E-state index contributed by atoms with van der Waals surface area (Å²) in [5.74, 6) is 0.998. The lowest BCUT2D eigenvalue weighted by Crippen LogP contribution is -2.56. The van der Waals surface area contributed by atoms with Crippen LogP contribution in [0.1, 0.15) is 23.2 Å². The van der Waals surface area contributed by atoms with Gasteiger partial charge in [0.15, 0.2) is 0 Å². The van der Waals surface area contributed by atoms with Crippen LogP contribution >= 0.6 is 0 Å². The summed E-state index contributed by atoms with van der Waals surface area (Å²) >= 11 is 0. The zero-order chi connectivity index (χ0) is 19.1. The molecule has 1 N–H and O–H groups in total. The summed E-state index contributed by atoms with van der Waals surface area (Å²) in [6.45, 7) is 2.70. The Labute approximate surface area is 163 Å². The Balaban J connectivity index is 1.30. The number of nitrogens with one attached hydrogen (secondary N) is 1. The number of anilines is 1. The predicted octanol–water partition coefficient (Wildman–Crippen LogP) is 0.729. The van der Waals surface area contributed by atoms with Gasteiger partial charge in [-0.15, -0.1) is 0 Å². The second-order valence-electron chi connectivity index (χ2n) is 7.85. The number of hydrogen-bond acceptors (Lipinski definition) is 6. The number of carbonyl (C=O) groups is 2. The molecule has 0 saturated carbocycles. The molecule has 2 atom stereocenters. The van der Waals surface area contributed by atoms with Crippen LogP contribution in [-0.4, -0.2) is 63.4 Å². The molecular formula is C20H22N6O2. The first kappa shape index (κ1) is 17.1. The minimum atomic E-state index is -0.239. The Hall–Kier alpha value is -3.03. The maximum Gasteiger partial charge on any atom is 0.255 e. The van der Waals surface area contributed by atoms with E-state index in [1.165, 1.54) is 0 Å². The number of aromatic nitrogens is 3. The highest BCUT2D eigenvalue weighted by atomic mass is 16.2. The summed E-state index contributed by atoms with van der Waals surface area (Å²) in [4.78, 5) is 42.1. The van der Waals surface area contributed by atoms with Crippen molar-refractivity contribution >= 4 is 17.8 Å². The average Bonchev–Trinajstić information content (AvgIpc) is 3.30. The van der Waals surface area contributed by atoms with Crippen LogP contribution in [0.5, 0.6) is 0 Å². The molecule has 5 heterocycles. The molecule has 3 aliphatic heterocycles. The number of nitrogens with zero attached hydrogens (tertiary/aromatic N) is 5. The lowest BCUT2D eigenvalue weighted by atomic mass is 9.75. The highest BCUT2D eigenvalue weighted by Crippen LogP contribution is 2.44. The van der Waals surface area contributed by atoms with E-state index in [1.54, 1.807) is 43.0 Å². The van der Waals surface area contributed by atoms with Crippen molar-refractivity contribution in [2.45, 2.75) is 18.4 Å². The number of pyridine rings is 1. The molecule has 2 aromatic rings. The standard InChI is InChI=1S/C20H22N6O2/c27-17-15-12-26(19-22-7-2-8-23-19)13-16(15)20(24-17)4-9-25(10-5-20)18(28)14-3-1-6-21-11-14/h1-3,6-8,11,15-16H,4-5,9-10,12-13H2,(H,24,27)/t15-,16+/m0/s1. The highest BCUT2D eigenvalue weighted by Gasteiger charge is 2.57. The fourth-order valence-corrected chi connectivity index (χ4v) is 4.95. The predicted molar refractivity (Wildman–Crippen MR) is 101 cm³/mol. The van der Waals surface area contributed by atoms with E-state index < -0.39 is 0 Å². The normalized spacial score (nSPS) is 25.6. The van der Waals surface area contributed by atoms with Gasteiger partial charge in [-0.25, -0.2) is 9.97 Å². The zero-order valence-corrected chi connectivity index (χ0v) is 15.5. The molecule has 3 saturated heterocycles. The van der Waals surface area contributed by atoms with Crippen LogP contribution < -0.4 is 10.2 Å². The van der Waals surface area contributed by atoms with Crippen molar-refractivity contribution in [1.29, 1.82) is 0 Å². The Morgan fingerprint density at radius 3 is 2.61 bits per heavy atom. The van der Waals surface area contributed by atoms with E-state index in [0.717, 1.165) is 19.4 Å². The summed E-state index contributed by atoms with van der Waals surface area (Å²) in [5, 5.41) is 3.29. The fourth-order valence-electron chi connectivity index (χ4n) is 4.95. The van der Waals surface area contributed by atoms with Gasteiger partial charge in [0.1, 0.15) is 0 Å². The molecule has 0 aliphatic carbocycles. The quantitative estimate of drug-likeness (QED) is 0.828. The van der Waals surface area contributed by atoms with Gasteiger partial charge in [0.2, 0.25) is 11.9 Å². The van der Waals surface area contributed by atoms with Crippen LogP contribution in [0.15, 0.2) is 43.0 Å². The van der Waals surface area contributed by atoms with E-state index in [2.05, 4.69) is 25.2 Å². The van der Waals surface area contributed by atoms with Crippen molar-refractivity contribution in [3.8, 4) is 0 Å². The lowest BCUT2D eigenvalue weighted by molar-refractivity contribution is -0.122. The molecule has 144 valence electrons. The maximum atomic E-state index is 12.7. The monoisotopic (exact) mass is 378 g/mol. The molecule has 3 aliphatic rings. The number of likely N-dealkylation sites (tertiary alicyclic amines) is 1. The highest BCUT2D eigenvalue weighted by molar-refractivity contribution is 5.94. The molecule has 1 spiro atoms. The van der Waals surface area contributed by atoms with Gasteiger partial charge in [-0.1, -0.05) is 0 Å². The molecule has 2 aromatic heterocycles. The van der Waals surface area contributed by atoms with Crippen LogP contribution in [-0.2, 0) is 4.79 Å². The number of piperidine rings is 1. The molecule has 28 heavy (non-hydrogen) atoms. The molecule has 0 unspecified atom stereocenters. The fraction of sp³-hybridized carbons (Fsp3) is 0.450. The van der Waals surface area contributed by atoms with Crippen molar-refractivity contribution in [3.63, 3.8) is 0 Å². The summed E-state index contributed by atoms with van der Waals surface area (Å²) in [6.07, 6.45) is 8.28. The molecule has 2 amide bonds. The zero-order valence-electron chi connectivity index (χ0n) is 15.5. The Morgan fingerprint density at radius 2 is 1.89 bits per heavy atom. The second-order valence-corrected chi connectivity index (χ2v) is 7.85. The van der Waals surface area contributed by atoms with Crippen molar-refractivity contribution in [1.82, 2.24) is 25.2 Å². The molecule has 8 heteroatoms. The third kappa shape index (κ3) is 2.71. The Morgan fingerprint density at radius 1 is 1.11 bits per heavy atom. The Kier molecular flexibility index (Phi) is 3.99. The van der Waals surface area contributed by atoms with Gasteiger partial charge in [-0.3, -0.25) is 14.6 Å². The molecule has 0 radical (unpaired) electrons. The molecule has 5 rings (SSSR count). The average molecular weight is 378 g/mol. The van der Waals surface area contributed by atoms with Crippen LogP contribution in [0.2, 0.25) is 0 Å². The van der Waals surface area contributed by atoms with Gasteiger partial charge in [-0.2, -0.15) is 0 Å². The summed E-state index contributed by atoms with van der Waals surface area (Å²) in [7, 11) is 0. The van der Waals surface area contributed by atoms with Gasteiger partial charge in [-0.05, 0) is 31.0 Å². The van der Waals surface area contributed by atoms with Gasteiger partial charge >= 0.3 is 0 Å². The number of fused-ring (bicyclic) bond motifs is 2. The summed E-state index contributed by atoms with van der Waals surface area (Å²) < 4.78 is 0.